The Bertz CT molecular complexity index is 963. The molecule has 1 atom stereocenters. The van der Waals surface area contributed by atoms with Gasteiger partial charge in [-0.25, -0.2) is 9.67 Å². The van der Waals surface area contributed by atoms with Crippen LogP contribution >= 0.6 is 12.4 Å². The highest BCUT2D eigenvalue weighted by Gasteiger charge is 2.33. The molecule has 1 unspecified atom stereocenters. The molecule has 4 rings (SSSR count). The Balaban J connectivity index is 0.00000225. The Labute approximate surface area is 170 Å². The predicted molar refractivity (Wildman–Crippen MR) is 108 cm³/mol. The lowest BCUT2D eigenvalue weighted by Gasteiger charge is -2.35. The van der Waals surface area contributed by atoms with Crippen molar-refractivity contribution >= 4 is 18.3 Å². The first-order valence-electron chi connectivity index (χ1n) is 9.04. The van der Waals surface area contributed by atoms with E-state index in [1.165, 1.54) is 5.56 Å². The van der Waals surface area contributed by atoms with Gasteiger partial charge in [-0.15, -0.1) is 17.5 Å². The Kier molecular flexibility index (Phi) is 5.81. The van der Waals surface area contributed by atoms with Gasteiger partial charge < -0.3 is 14.8 Å². The van der Waals surface area contributed by atoms with Gasteiger partial charge in [0.15, 0.2) is 5.69 Å². The first-order valence-corrected chi connectivity index (χ1v) is 9.04. The van der Waals surface area contributed by atoms with E-state index < -0.39 is 0 Å². The SMILES string of the molecule is Cc1ccc(-n2nnc(C(=O)N3CCNCC3c3nccn3C)c2C)cc1.Cl. The first kappa shape index (κ1) is 20.0. The number of carbonyl (C=O) groups excluding carboxylic acids is 1. The zero-order valence-electron chi connectivity index (χ0n) is 16.2. The second-order valence-electron chi connectivity index (χ2n) is 6.89. The highest BCUT2D eigenvalue weighted by atomic mass is 35.5. The summed E-state index contributed by atoms with van der Waals surface area (Å²) in [6, 6.07) is 7.87. The third-order valence-electron chi connectivity index (χ3n) is 5.04. The average Bonchev–Trinajstić information content (AvgIpc) is 3.27. The van der Waals surface area contributed by atoms with E-state index in [0.29, 0.717) is 18.8 Å². The fourth-order valence-corrected chi connectivity index (χ4v) is 3.47. The van der Waals surface area contributed by atoms with Gasteiger partial charge in [0, 0.05) is 39.1 Å². The molecule has 1 saturated heterocycles. The van der Waals surface area contributed by atoms with Crippen LogP contribution in [-0.4, -0.2) is 55.0 Å². The standard InChI is InChI=1S/C19H23N7O.ClH/c1-13-4-6-15(7-5-13)26-14(2)17(22-23-26)19(27)25-11-8-20-12-16(25)18-21-9-10-24(18)3;/h4-7,9-10,16,20H,8,11-12H2,1-3H3;1H. The summed E-state index contributed by atoms with van der Waals surface area (Å²) in [4.78, 5) is 19.6. The van der Waals surface area contributed by atoms with E-state index in [9.17, 15) is 4.79 Å². The molecule has 0 radical (unpaired) electrons. The van der Waals surface area contributed by atoms with Crippen molar-refractivity contribution in [1.29, 1.82) is 0 Å². The molecule has 2 aromatic heterocycles. The second-order valence-corrected chi connectivity index (χ2v) is 6.89. The molecule has 8 nitrogen and oxygen atoms in total. The number of piperazine rings is 1. The van der Waals surface area contributed by atoms with Crippen LogP contribution in [0.25, 0.3) is 5.69 Å². The van der Waals surface area contributed by atoms with Crippen molar-refractivity contribution in [3.63, 3.8) is 0 Å². The van der Waals surface area contributed by atoms with Crippen LogP contribution < -0.4 is 5.32 Å². The van der Waals surface area contributed by atoms with E-state index in [2.05, 4.69) is 20.6 Å². The Morgan fingerprint density at radius 3 is 2.64 bits per heavy atom. The number of hydrogen-bond acceptors (Lipinski definition) is 5. The van der Waals surface area contributed by atoms with Crippen molar-refractivity contribution in [2.45, 2.75) is 19.9 Å². The van der Waals surface area contributed by atoms with Crippen LogP contribution in [0.1, 0.15) is 33.6 Å². The van der Waals surface area contributed by atoms with E-state index in [-0.39, 0.29) is 24.4 Å². The molecule has 0 aliphatic carbocycles. The Morgan fingerprint density at radius 2 is 1.96 bits per heavy atom. The van der Waals surface area contributed by atoms with Crippen molar-refractivity contribution in [1.82, 2.24) is 34.8 Å². The largest absolute Gasteiger partial charge is 0.336 e. The minimum atomic E-state index is -0.129. The molecular formula is C19H24ClN7O. The molecule has 1 aliphatic heterocycles. The van der Waals surface area contributed by atoms with E-state index >= 15 is 0 Å². The lowest BCUT2D eigenvalue weighted by Crippen LogP contribution is -2.49. The summed E-state index contributed by atoms with van der Waals surface area (Å²) in [5.74, 6) is 0.750. The lowest BCUT2D eigenvalue weighted by atomic mass is 10.1. The maximum Gasteiger partial charge on any atom is 0.277 e. The molecule has 3 aromatic rings. The quantitative estimate of drug-likeness (QED) is 0.724. The first-order chi connectivity index (χ1) is 13.1. The summed E-state index contributed by atoms with van der Waals surface area (Å²) in [6.07, 6.45) is 3.65. The predicted octanol–water partition coefficient (Wildman–Crippen LogP) is 1.83. The van der Waals surface area contributed by atoms with Crippen molar-refractivity contribution < 1.29 is 4.79 Å². The molecule has 1 aliphatic rings. The Hall–Kier alpha value is -2.71. The molecular weight excluding hydrogens is 378 g/mol. The zero-order valence-corrected chi connectivity index (χ0v) is 17.0. The fraction of sp³-hybridized carbons (Fsp3) is 0.368. The topological polar surface area (TPSA) is 80.9 Å². The molecule has 0 spiro atoms. The average molecular weight is 402 g/mol. The third-order valence-corrected chi connectivity index (χ3v) is 5.04. The molecule has 28 heavy (non-hydrogen) atoms. The van der Waals surface area contributed by atoms with E-state index in [4.69, 9.17) is 0 Å². The number of nitrogens with zero attached hydrogens (tertiary/aromatic N) is 6. The number of halogens is 1. The number of hydrogen-bond donors (Lipinski definition) is 1. The second kappa shape index (κ2) is 8.12. The number of nitrogens with one attached hydrogen (secondary N) is 1. The van der Waals surface area contributed by atoms with Crippen LogP contribution in [0.2, 0.25) is 0 Å². The number of aryl methyl sites for hydroxylation is 2. The van der Waals surface area contributed by atoms with Gasteiger partial charge in [0.25, 0.3) is 5.91 Å². The third kappa shape index (κ3) is 3.53. The van der Waals surface area contributed by atoms with Crippen LogP contribution in [0.4, 0.5) is 0 Å². The van der Waals surface area contributed by atoms with E-state index in [0.717, 1.165) is 23.8 Å². The summed E-state index contributed by atoms with van der Waals surface area (Å²) in [5.41, 5.74) is 3.19. The molecule has 0 saturated carbocycles. The van der Waals surface area contributed by atoms with Crippen LogP contribution in [0.5, 0.6) is 0 Å². The van der Waals surface area contributed by atoms with Crippen LogP contribution in [-0.2, 0) is 7.05 Å². The van der Waals surface area contributed by atoms with Crippen molar-refractivity contribution in [2.24, 2.45) is 7.05 Å². The summed E-state index contributed by atoms with van der Waals surface area (Å²) >= 11 is 0. The molecule has 9 heteroatoms. The minimum Gasteiger partial charge on any atom is -0.336 e. The van der Waals surface area contributed by atoms with Gasteiger partial charge >= 0.3 is 0 Å². The van der Waals surface area contributed by atoms with Crippen LogP contribution in [0, 0.1) is 13.8 Å². The highest BCUT2D eigenvalue weighted by molar-refractivity contribution is 5.93. The van der Waals surface area contributed by atoms with Gasteiger partial charge in [0.05, 0.1) is 11.4 Å². The fourth-order valence-electron chi connectivity index (χ4n) is 3.47. The van der Waals surface area contributed by atoms with Gasteiger partial charge in [0.1, 0.15) is 11.9 Å². The van der Waals surface area contributed by atoms with Gasteiger partial charge in [-0.1, -0.05) is 22.9 Å². The molecule has 1 fully saturated rings. The van der Waals surface area contributed by atoms with Gasteiger partial charge in [-0.2, -0.15) is 0 Å². The maximum absolute atomic E-state index is 13.3. The number of aromatic nitrogens is 5. The summed E-state index contributed by atoms with van der Waals surface area (Å²) in [6.45, 7) is 5.94. The summed E-state index contributed by atoms with van der Waals surface area (Å²) < 4.78 is 3.67. The molecule has 1 aromatic carbocycles. The Morgan fingerprint density at radius 1 is 1.21 bits per heavy atom. The van der Waals surface area contributed by atoms with E-state index in [1.54, 1.807) is 10.9 Å². The number of benzene rings is 1. The number of carbonyl (C=O) groups is 1. The zero-order chi connectivity index (χ0) is 19.0. The molecule has 148 valence electrons. The van der Waals surface area contributed by atoms with Crippen LogP contribution in [0.15, 0.2) is 36.7 Å². The van der Waals surface area contributed by atoms with Crippen molar-refractivity contribution in [2.75, 3.05) is 19.6 Å². The molecule has 0 bridgehead atoms. The number of amides is 1. The number of imidazole rings is 1. The van der Waals surface area contributed by atoms with Gasteiger partial charge in [-0.05, 0) is 26.0 Å². The van der Waals surface area contributed by atoms with Crippen molar-refractivity contribution in [3.8, 4) is 5.69 Å². The normalized spacial score (nSPS) is 16.7. The van der Waals surface area contributed by atoms with Crippen LogP contribution in [0.3, 0.4) is 0 Å². The maximum atomic E-state index is 13.3. The monoisotopic (exact) mass is 401 g/mol. The lowest BCUT2D eigenvalue weighted by molar-refractivity contribution is 0.0614. The van der Waals surface area contributed by atoms with E-state index in [1.807, 2.05) is 60.8 Å². The summed E-state index contributed by atoms with van der Waals surface area (Å²) in [5, 5.41) is 11.8. The molecule has 1 amide bonds. The highest BCUT2D eigenvalue weighted by Crippen LogP contribution is 2.23. The van der Waals surface area contributed by atoms with Crippen molar-refractivity contribution in [3.05, 3.63) is 59.4 Å². The number of rotatable bonds is 3. The minimum absolute atomic E-state index is 0. The van der Waals surface area contributed by atoms with Gasteiger partial charge in [0.2, 0.25) is 0 Å². The summed E-state index contributed by atoms with van der Waals surface area (Å²) in [7, 11) is 1.94. The smallest absolute Gasteiger partial charge is 0.277 e. The van der Waals surface area contributed by atoms with Gasteiger partial charge in [-0.3, -0.25) is 4.79 Å². The molecule has 3 heterocycles. The molecule has 1 N–H and O–H groups in total.